The Hall–Kier alpha value is -0.0400. The monoisotopic (exact) mass is 197 g/mol. The average molecular weight is 197 g/mol. The second kappa shape index (κ2) is 5.16. The van der Waals surface area contributed by atoms with Gasteiger partial charge in [0.25, 0.3) is 0 Å². The summed E-state index contributed by atoms with van der Waals surface area (Å²) in [6.07, 6.45) is 7.21. The summed E-state index contributed by atoms with van der Waals surface area (Å²) >= 11 is 0. The van der Waals surface area contributed by atoms with Gasteiger partial charge in [-0.15, -0.1) is 0 Å². The van der Waals surface area contributed by atoms with Crippen molar-refractivity contribution in [3.8, 4) is 0 Å². The maximum absolute atomic E-state index is 3.63. The van der Waals surface area contributed by atoms with Crippen LogP contribution in [0.1, 0.15) is 59.8 Å². The molecule has 2 unspecified atom stereocenters. The van der Waals surface area contributed by atoms with Gasteiger partial charge in [-0.2, -0.15) is 0 Å². The Labute approximate surface area is 89.7 Å². The van der Waals surface area contributed by atoms with Crippen LogP contribution in [0, 0.1) is 11.8 Å². The zero-order valence-electron chi connectivity index (χ0n) is 10.4. The molecule has 0 aromatic heterocycles. The van der Waals surface area contributed by atoms with Crippen LogP contribution in [0.4, 0.5) is 0 Å². The lowest BCUT2D eigenvalue weighted by Gasteiger charge is -2.24. The van der Waals surface area contributed by atoms with Crippen LogP contribution in [-0.4, -0.2) is 12.1 Å². The van der Waals surface area contributed by atoms with Crippen LogP contribution in [0.25, 0.3) is 0 Å². The summed E-state index contributed by atoms with van der Waals surface area (Å²) in [4.78, 5) is 0. The zero-order chi connectivity index (χ0) is 10.6. The molecule has 0 amide bonds. The second-order valence-corrected chi connectivity index (χ2v) is 6.11. The summed E-state index contributed by atoms with van der Waals surface area (Å²) in [5.74, 6) is 1.90. The van der Waals surface area contributed by atoms with E-state index >= 15 is 0 Å². The third-order valence-corrected chi connectivity index (χ3v) is 3.30. The summed E-state index contributed by atoms with van der Waals surface area (Å²) in [6, 6.07) is 0. The number of hydrogen-bond acceptors (Lipinski definition) is 1. The molecule has 84 valence electrons. The van der Waals surface area contributed by atoms with Gasteiger partial charge in [0.15, 0.2) is 0 Å². The maximum atomic E-state index is 3.63. The second-order valence-electron chi connectivity index (χ2n) is 6.11. The van der Waals surface area contributed by atoms with Crippen molar-refractivity contribution in [2.75, 3.05) is 6.54 Å². The van der Waals surface area contributed by atoms with E-state index in [-0.39, 0.29) is 5.54 Å². The summed E-state index contributed by atoms with van der Waals surface area (Å²) < 4.78 is 0. The molecule has 0 heterocycles. The van der Waals surface area contributed by atoms with Gasteiger partial charge in [-0.1, -0.05) is 26.2 Å². The van der Waals surface area contributed by atoms with Gasteiger partial charge in [0.05, 0.1) is 0 Å². The summed E-state index contributed by atoms with van der Waals surface area (Å²) in [6.45, 7) is 10.4. The molecule has 1 rings (SSSR count). The molecule has 1 saturated carbocycles. The van der Waals surface area contributed by atoms with Gasteiger partial charge in [-0.05, 0) is 52.0 Å². The molecule has 1 aliphatic carbocycles. The maximum Gasteiger partial charge on any atom is 0.00966 e. The van der Waals surface area contributed by atoms with E-state index in [1.54, 1.807) is 0 Å². The Bertz CT molecular complexity index is 157. The largest absolute Gasteiger partial charge is 0.312 e. The van der Waals surface area contributed by atoms with E-state index < -0.39 is 0 Å². The van der Waals surface area contributed by atoms with Crippen LogP contribution in [0.15, 0.2) is 0 Å². The SMILES string of the molecule is CC1CCCC(CNC(C)(C)C)CC1. The van der Waals surface area contributed by atoms with Crippen molar-refractivity contribution in [1.29, 1.82) is 0 Å². The Morgan fingerprint density at radius 3 is 2.43 bits per heavy atom. The standard InChI is InChI=1S/C13H27N/c1-11-6-5-7-12(9-8-11)10-14-13(2,3)4/h11-12,14H,5-10H2,1-4H3. The van der Waals surface area contributed by atoms with Gasteiger partial charge in [-0.25, -0.2) is 0 Å². The van der Waals surface area contributed by atoms with Crippen molar-refractivity contribution in [3.05, 3.63) is 0 Å². The number of nitrogens with one attached hydrogen (secondary N) is 1. The lowest BCUT2D eigenvalue weighted by atomic mass is 9.97. The van der Waals surface area contributed by atoms with Crippen LogP contribution in [-0.2, 0) is 0 Å². The van der Waals surface area contributed by atoms with Gasteiger partial charge < -0.3 is 5.32 Å². The van der Waals surface area contributed by atoms with Crippen LogP contribution in [0.5, 0.6) is 0 Å². The van der Waals surface area contributed by atoms with E-state index in [0.717, 1.165) is 11.8 Å². The first-order chi connectivity index (χ1) is 6.47. The fourth-order valence-electron chi connectivity index (χ4n) is 2.22. The van der Waals surface area contributed by atoms with Gasteiger partial charge in [-0.3, -0.25) is 0 Å². The lowest BCUT2D eigenvalue weighted by Crippen LogP contribution is -2.39. The van der Waals surface area contributed by atoms with Gasteiger partial charge in [0, 0.05) is 5.54 Å². The molecular formula is C13H27N. The van der Waals surface area contributed by atoms with E-state index in [2.05, 4.69) is 33.0 Å². The average Bonchev–Trinajstić information content (AvgIpc) is 2.25. The molecule has 0 aliphatic heterocycles. The molecule has 0 aromatic rings. The molecule has 0 spiro atoms. The van der Waals surface area contributed by atoms with Crippen molar-refractivity contribution in [3.63, 3.8) is 0 Å². The normalized spacial score (nSPS) is 30.0. The molecule has 2 atom stereocenters. The molecule has 0 aromatic carbocycles. The van der Waals surface area contributed by atoms with E-state index in [1.807, 2.05) is 0 Å². The summed E-state index contributed by atoms with van der Waals surface area (Å²) in [7, 11) is 0. The number of hydrogen-bond donors (Lipinski definition) is 1. The third-order valence-electron chi connectivity index (χ3n) is 3.30. The third kappa shape index (κ3) is 4.99. The highest BCUT2D eigenvalue weighted by Crippen LogP contribution is 2.26. The van der Waals surface area contributed by atoms with Crippen LogP contribution in [0.2, 0.25) is 0 Å². The van der Waals surface area contributed by atoms with E-state index in [9.17, 15) is 0 Å². The molecule has 1 fully saturated rings. The van der Waals surface area contributed by atoms with Crippen LogP contribution >= 0.6 is 0 Å². The van der Waals surface area contributed by atoms with Gasteiger partial charge in [0.1, 0.15) is 0 Å². The topological polar surface area (TPSA) is 12.0 Å². The van der Waals surface area contributed by atoms with Crippen molar-refractivity contribution in [2.45, 2.75) is 65.3 Å². The highest BCUT2D eigenvalue weighted by Gasteiger charge is 2.18. The van der Waals surface area contributed by atoms with E-state index in [4.69, 9.17) is 0 Å². The molecule has 0 bridgehead atoms. The molecule has 1 aliphatic rings. The smallest absolute Gasteiger partial charge is 0.00966 e. The fraction of sp³-hybridized carbons (Fsp3) is 1.00. The highest BCUT2D eigenvalue weighted by atomic mass is 14.9. The minimum atomic E-state index is 0.290. The van der Waals surface area contributed by atoms with Crippen molar-refractivity contribution in [2.24, 2.45) is 11.8 Å². The minimum Gasteiger partial charge on any atom is -0.312 e. The van der Waals surface area contributed by atoms with Crippen LogP contribution in [0.3, 0.4) is 0 Å². The van der Waals surface area contributed by atoms with Gasteiger partial charge >= 0.3 is 0 Å². The Balaban J connectivity index is 2.24. The predicted octanol–water partition coefficient (Wildman–Crippen LogP) is 3.59. The lowest BCUT2D eigenvalue weighted by molar-refractivity contribution is 0.346. The first-order valence-electron chi connectivity index (χ1n) is 6.22. The fourth-order valence-corrected chi connectivity index (χ4v) is 2.22. The van der Waals surface area contributed by atoms with E-state index in [0.29, 0.717) is 0 Å². The van der Waals surface area contributed by atoms with Crippen molar-refractivity contribution < 1.29 is 0 Å². The molecule has 14 heavy (non-hydrogen) atoms. The summed E-state index contributed by atoms with van der Waals surface area (Å²) in [5, 5.41) is 3.63. The first kappa shape index (κ1) is 12.0. The Kier molecular flexibility index (Phi) is 4.43. The van der Waals surface area contributed by atoms with E-state index in [1.165, 1.54) is 38.6 Å². The highest BCUT2D eigenvalue weighted by molar-refractivity contribution is 4.75. The Morgan fingerprint density at radius 2 is 1.79 bits per heavy atom. The summed E-state index contributed by atoms with van der Waals surface area (Å²) in [5.41, 5.74) is 0.290. The quantitative estimate of drug-likeness (QED) is 0.667. The molecule has 1 heteroatoms. The molecule has 1 nitrogen and oxygen atoms in total. The van der Waals surface area contributed by atoms with Crippen molar-refractivity contribution in [1.82, 2.24) is 5.32 Å². The first-order valence-corrected chi connectivity index (χ1v) is 6.22. The predicted molar refractivity (Wildman–Crippen MR) is 63.5 cm³/mol. The molecule has 0 radical (unpaired) electrons. The van der Waals surface area contributed by atoms with Crippen molar-refractivity contribution >= 4 is 0 Å². The van der Waals surface area contributed by atoms with Crippen LogP contribution < -0.4 is 5.32 Å². The molecular weight excluding hydrogens is 170 g/mol. The minimum absolute atomic E-state index is 0.290. The zero-order valence-corrected chi connectivity index (χ0v) is 10.4. The van der Waals surface area contributed by atoms with Gasteiger partial charge in [0.2, 0.25) is 0 Å². The molecule has 1 N–H and O–H groups in total. The molecule has 0 saturated heterocycles. The number of rotatable bonds is 2. The Morgan fingerprint density at radius 1 is 1.07 bits per heavy atom.